The second kappa shape index (κ2) is 8.81. The Labute approximate surface area is 161 Å². The lowest BCUT2D eigenvalue weighted by atomic mass is 10.2. The van der Waals surface area contributed by atoms with Crippen LogP contribution in [0.4, 0.5) is 4.39 Å². The Morgan fingerprint density at radius 3 is 2.52 bits per heavy atom. The molecule has 27 heavy (non-hydrogen) atoms. The highest BCUT2D eigenvalue weighted by atomic mass is 32.2. The Morgan fingerprint density at radius 1 is 1.11 bits per heavy atom. The highest BCUT2D eigenvalue weighted by Gasteiger charge is 2.19. The van der Waals surface area contributed by atoms with Crippen molar-refractivity contribution in [2.45, 2.75) is 31.7 Å². The van der Waals surface area contributed by atoms with Crippen LogP contribution in [0.3, 0.4) is 0 Å². The van der Waals surface area contributed by atoms with Crippen LogP contribution in [0.25, 0.3) is 11.5 Å². The predicted octanol–water partition coefficient (Wildman–Crippen LogP) is 4.41. The van der Waals surface area contributed by atoms with Gasteiger partial charge in [0.2, 0.25) is 5.91 Å². The fourth-order valence-corrected chi connectivity index (χ4v) is 3.21. The zero-order valence-corrected chi connectivity index (χ0v) is 15.9. The van der Waals surface area contributed by atoms with Crippen molar-refractivity contribution in [1.29, 1.82) is 0 Å². The summed E-state index contributed by atoms with van der Waals surface area (Å²) in [6.07, 6.45) is 0. The third kappa shape index (κ3) is 4.95. The standard InChI is InChI=1S/C20H20FN3O2S/c1-14(2)24(12-15-8-4-3-5-9-15)18(25)13-27-20-23-22-19(26-20)16-10-6-7-11-17(16)21/h3-11,14H,12-13H2,1-2H3. The molecule has 3 aromatic rings. The van der Waals surface area contributed by atoms with Crippen molar-refractivity contribution in [1.82, 2.24) is 15.1 Å². The summed E-state index contributed by atoms with van der Waals surface area (Å²) in [5.41, 5.74) is 1.32. The summed E-state index contributed by atoms with van der Waals surface area (Å²) < 4.78 is 19.3. The lowest BCUT2D eigenvalue weighted by Crippen LogP contribution is -2.37. The smallest absolute Gasteiger partial charge is 0.277 e. The fraction of sp³-hybridized carbons (Fsp3) is 0.250. The Hall–Kier alpha value is -2.67. The molecular weight excluding hydrogens is 365 g/mol. The van der Waals surface area contributed by atoms with E-state index in [2.05, 4.69) is 10.2 Å². The van der Waals surface area contributed by atoms with E-state index in [1.165, 1.54) is 6.07 Å². The molecule has 7 heteroatoms. The minimum absolute atomic E-state index is 0.0236. The molecule has 1 aromatic heterocycles. The summed E-state index contributed by atoms with van der Waals surface area (Å²) in [6.45, 7) is 4.51. The highest BCUT2D eigenvalue weighted by Crippen LogP contribution is 2.25. The van der Waals surface area contributed by atoms with Crippen molar-refractivity contribution in [3.05, 3.63) is 66.0 Å². The number of carbonyl (C=O) groups excluding carboxylic acids is 1. The first kappa shape index (κ1) is 19.1. The molecule has 0 bridgehead atoms. The van der Waals surface area contributed by atoms with Crippen LogP contribution < -0.4 is 0 Å². The molecule has 0 aliphatic carbocycles. The van der Waals surface area contributed by atoms with Gasteiger partial charge < -0.3 is 9.32 Å². The first-order valence-electron chi connectivity index (χ1n) is 8.59. The number of hydrogen-bond donors (Lipinski definition) is 0. The maximum atomic E-state index is 13.8. The molecule has 5 nitrogen and oxygen atoms in total. The largest absolute Gasteiger partial charge is 0.411 e. The third-order valence-corrected chi connectivity index (χ3v) is 4.77. The Morgan fingerprint density at radius 2 is 1.81 bits per heavy atom. The number of rotatable bonds is 7. The Balaban J connectivity index is 1.63. The average Bonchev–Trinajstić information content (AvgIpc) is 3.14. The minimum atomic E-state index is -0.428. The molecule has 1 heterocycles. The number of nitrogens with zero attached hydrogens (tertiary/aromatic N) is 3. The first-order chi connectivity index (χ1) is 13.0. The lowest BCUT2D eigenvalue weighted by molar-refractivity contribution is -0.130. The maximum absolute atomic E-state index is 13.8. The summed E-state index contributed by atoms with van der Waals surface area (Å²) >= 11 is 1.15. The SMILES string of the molecule is CC(C)N(Cc1ccccc1)C(=O)CSc1nnc(-c2ccccc2F)o1. The minimum Gasteiger partial charge on any atom is -0.411 e. The lowest BCUT2D eigenvalue weighted by Gasteiger charge is -2.26. The van der Waals surface area contributed by atoms with Crippen LogP contribution >= 0.6 is 11.8 Å². The van der Waals surface area contributed by atoms with E-state index in [1.54, 1.807) is 23.1 Å². The number of benzene rings is 2. The van der Waals surface area contributed by atoms with E-state index in [0.29, 0.717) is 6.54 Å². The molecule has 2 aromatic carbocycles. The Bertz CT molecular complexity index is 899. The van der Waals surface area contributed by atoms with Crippen molar-refractivity contribution >= 4 is 17.7 Å². The van der Waals surface area contributed by atoms with Crippen LogP contribution in [0.15, 0.2) is 64.2 Å². The van der Waals surface area contributed by atoms with Crippen LogP contribution in [0.1, 0.15) is 19.4 Å². The average molecular weight is 385 g/mol. The van der Waals surface area contributed by atoms with E-state index in [1.807, 2.05) is 44.2 Å². The summed E-state index contributed by atoms with van der Waals surface area (Å²) in [5, 5.41) is 8.01. The molecule has 3 rings (SSSR count). The van der Waals surface area contributed by atoms with Gasteiger partial charge in [0.15, 0.2) is 0 Å². The third-order valence-electron chi connectivity index (χ3n) is 3.97. The summed E-state index contributed by atoms with van der Waals surface area (Å²) in [5.74, 6) is -0.177. The van der Waals surface area contributed by atoms with Crippen molar-refractivity contribution in [2.24, 2.45) is 0 Å². The molecule has 0 spiro atoms. The van der Waals surface area contributed by atoms with Crippen molar-refractivity contribution < 1.29 is 13.6 Å². The van der Waals surface area contributed by atoms with Crippen LogP contribution in [-0.4, -0.2) is 32.8 Å². The van der Waals surface area contributed by atoms with Gasteiger partial charge in [-0.05, 0) is 31.5 Å². The molecule has 0 atom stereocenters. The maximum Gasteiger partial charge on any atom is 0.277 e. The molecule has 0 aliphatic rings. The molecule has 0 saturated carbocycles. The molecule has 1 amide bonds. The van der Waals surface area contributed by atoms with Gasteiger partial charge in [-0.1, -0.05) is 54.2 Å². The highest BCUT2D eigenvalue weighted by molar-refractivity contribution is 7.99. The second-order valence-corrected chi connectivity index (χ2v) is 7.17. The van der Waals surface area contributed by atoms with Crippen LogP contribution in [0.2, 0.25) is 0 Å². The zero-order valence-electron chi connectivity index (χ0n) is 15.1. The molecule has 0 unspecified atom stereocenters. The molecule has 0 saturated heterocycles. The molecule has 0 N–H and O–H groups in total. The number of carbonyl (C=O) groups is 1. The van der Waals surface area contributed by atoms with E-state index >= 15 is 0 Å². The second-order valence-electron chi connectivity index (χ2n) is 6.24. The number of halogens is 1. The van der Waals surface area contributed by atoms with Gasteiger partial charge in [-0.15, -0.1) is 10.2 Å². The summed E-state index contributed by atoms with van der Waals surface area (Å²) in [7, 11) is 0. The van der Waals surface area contributed by atoms with Gasteiger partial charge in [0.05, 0.1) is 11.3 Å². The Kier molecular flexibility index (Phi) is 6.24. The monoisotopic (exact) mass is 385 g/mol. The van der Waals surface area contributed by atoms with Gasteiger partial charge in [-0.25, -0.2) is 4.39 Å². The van der Waals surface area contributed by atoms with E-state index in [-0.39, 0.29) is 34.4 Å². The topological polar surface area (TPSA) is 59.2 Å². The molecule has 0 radical (unpaired) electrons. The van der Waals surface area contributed by atoms with Crippen LogP contribution in [-0.2, 0) is 11.3 Å². The van der Waals surface area contributed by atoms with Crippen molar-refractivity contribution in [2.75, 3.05) is 5.75 Å². The number of thioether (sulfide) groups is 1. The van der Waals surface area contributed by atoms with E-state index in [9.17, 15) is 9.18 Å². The van der Waals surface area contributed by atoms with Gasteiger partial charge in [-0.3, -0.25) is 4.79 Å². The summed E-state index contributed by atoms with van der Waals surface area (Å²) in [6, 6.07) is 16.1. The summed E-state index contributed by atoms with van der Waals surface area (Å²) in [4.78, 5) is 14.5. The predicted molar refractivity (Wildman–Crippen MR) is 103 cm³/mol. The van der Waals surface area contributed by atoms with E-state index in [0.717, 1.165) is 17.3 Å². The number of aromatic nitrogens is 2. The zero-order chi connectivity index (χ0) is 19.2. The molecular formula is C20H20FN3O2S. The van der Waals surface area contributed by atoms with E-state index in [4.69, 9.17) is 4.42 Å². The van der Waals surface area contributed by atoms with Gasteiger partial charge in [0.25, 0.3) is 11.1 Å². The van der Waals surface area contributed by atoms with Crippen molar-refractivity contribution in [3.63, 3.8) is 0 Å². The van der Waals surface area contributed by atoms with Gasteiger partial charge >= 0.3 is 0 Å². The van der Waals surface area contributed by atoms with Gasteiger partial charge in [0, 0.05) is 12.6 Å². The van der Waals surface area contributed by atoms with Gasteiger partial charge in [0.1, 0.15) is 5.82 Å². The van der Waals surface area contributed by atoms with E-state index < -0.39 is 5.82 Å². The van der Waals surface area contributed by atoms with Crippen LogP contribution in [0, 0.1) is 5.82 Å². The van der Waals surface area contributed by atoms with Gasteiger partial charge in [-0.2, -0.15) is 0 Å². The number of hydrogen-bond acceptors (Lipinski definition) is 5. The molecule has 0 aliphatic heterocycles. The van der Waals surface area contributed by atoms with Crippen LogP contribution in [0.5, 0.6) is 0 Å². The fourth-order valence-electron chi connectivity index (χ4n) is 2.56. The van der Waals surface area contributed by atoms with Crippen molar-refractivity contribution in [3.8, 4) is 11.5 Å². The number of amides is 1. The molecule has 140 valence electrons. The first-order valence-corrected chi connectivity index (χ1v) is 9.57. The quantitative estimate of drug-likeness (QED) is 0.564. The molecule has 0 fully saturated rings. The normalized spacial score (nSPS) is 11.0.